The monoisotopic (exact) mass is 353 g/mol. The van der Waals surface area contributed by atoms with Crippen molar-refractivity contribution < 1.29 is 9.53 Å². The fourth-order valence-corrected chi connectivity index (χ4v) is 3.78. The molecule has 2 fully saturated rings. The maximum Gasteiger partial charge on any atom is 0.238 e. The summed E-state index contributed by atoms with van der Waals surface area (Å²) in [4.78, 5) is 14.6. The Morgan fingerprint density at radius 1 is 1.29 bits per heavy atom. The lowest BCUT2D eigenvalue weighted by molar-refractivity contribution is -0.117. The zero-order valence-corrected chi connectivity index (χ0v) is 15.3. The minimum atomic E-state index is 0. The summed E-state index contributed by atoms with van der Waals surface area (Å²) in [6, 6.07) is 9.37. The Morgan fingerprint density at radius 2 is 1.96 bits per heavy atom. The number of likely N-dealkylation sites (N-methyl/N-ethyl adjacent to an activating group) is 1. The number of carbonyl (C=O) groups is 1. The van der Waals surface area contributed by atoms with E-state index in [1.54, 1.807) is 0 Å². The summed E-state index contributed by atoms with van der Waals surface area (Å²) < 4.78 is 5.56. The number of halogens is 1. The van der Waals surface area contributed by atoms with Crippen LogP contribution in [0.2, 0.25) is 0 Å². The first-order valence-electron chi connectivity index (χ1n) is 8.63. The molecule has 2 bridgehead atoms. The second kappa shape index (κ2) is 8.70. The molecule has 0 aromatic heterocycles. The highest BCUT2D eigenvalue weighted by molar-refractivity contribution is 5.93. The quantitative estimate of drug-likeness (QED) is 0.825. The molecule has 2 unspecified atom stereocenters. The molecule has 2 aliphatic heterocycles. The fourth-order valence-electron chi connectivity index (χ4n) is 3.78. The number of para-hydroxylation sites is 2. The van der Waals surface area contributed by atoms with Crippen molar-refractivity contribution in [3.63, 3.8) is 0 Å². The van der Waals surface area contributed by atoms with E-state index in [1.165, 1.54) is 12.8 Å². The first-order valence-corrected chi connectivity index (χ1v) is 8.63. The molecule has 2 saturated heterocycles. The van der Waals surface area contributed by atoms with Gasteiger partial charge < -0.3 is 15.4 Å². The zero-order chi connectivity index (χ0) is 16.2. The van der Waals surface area contributed by atoms with Crippen molar-refractivity contribution in [2.75, 3.05) is 25.5 Å². The average molecular weight is 354 g/mol. The summed E-state index contributed by atoms with van der Waals surface area (Å²) in [5.74, 6) is 0.747. The van der Waals surface area contributed by atoms with Crippen LogP contribution in [0.25, 0.3) is 0 Å². The van der Waals surface area contributed by atoms with Gasteiger partial charge >= 0.3 is 0 Å². The SMILES string of the molecule is CCOc1ccccc1NC(=O)CN(C)C1CC2CCC(C1)N2.Cl. The molecule has 0 aliphatic carbocycles. The van der Waals surface area contributed by atoms with Gasteiger partial charge in [0, 0.05) is 18.1 Å². The van der Waals surface area contributed by atoms with E-state index in [2.05, 4.69) is 22.6 Å². The second-order valence-corrected chi connectivity index (χ2v) is 6.66. The van der Waals surface area contributed by atoms with E-state index in [0.717, 1.165) is 24.3 Å². The molecule has 3 rings (SSSR count). The number of rotatable bonds is 6. The Labute approximate surface area is 150 Å². The molecule has 1 amide bonds. The Kier molecular flexibility index (Phi) is 6.90. The van der Waals surface area contributed by atoms with Crippen LogP contribution in [-0.2, 0) is 4.79 Å². The van der Waals surface area contributed by atoms with Crippen molar-refractivity contribution in [2.45, 2.75) is 50.7 Å². The van der Waals surface area contributed by atoms with Crippen molar-refractivity contribution in [3.8, 4) is 5.75 Å². The van der Waals surface area contributed by atoms with Gasteiger partial charge in [-0.2, -0.15) is 0 Å². The fraction of sp³-hybridized carbons (Fsp3) is 0.611. The van der Waals surface area contributed by atoms with E-state index in [0.29, 0.717) is 31.3 Å². The van der Waals surface area contributed by atoms with Crippen LogP contribution in [0.15, 0.2) is 24.3 Å². The number of hydrogen-bond donors (Lipinski definition) is 2. The number of piperidine rings is 1. The summed E-state index contributed by atoms with van der Waals surface area (Å²) in [6.45, 7) is 2.95. The van der Waals surface area contributed by atoms with E-state index < -0.39 is 0 Å². The lowest BCUT2D eigenvalue weighted by atomic mass is 9.98. The predicted octanol–water partition coefficient (Wildman–Crippen LogP) is 2.66. The number of nitrogens with one attached hydrogen (secondary N) is 2. The van der Waals surface area contributed by atoms with Gasteiger partial charge in [0.2, 0.25) is 5.91 Å². The number of amides is 1. The van der Waals surface area contributed by atoms with Gasteiger partial charge in [0.1, 0.15) is 5.75 Å². The van der Waals surface area contributed by atoms with Crippen molar-refractivity contribution >= 4 is 24.0 Å². The van der Waals surface area contributed by atoms with E-state index >= 15 is 0 Å². The molecule has 1 aromatic carbocycles. The molecule has 2 atom stereocenters. The molecule has 0 saturated carbocycles. The third kappa shape index (κ3) is 4.62. The summed E-state index contributed by atoms with van der Waals surface area (Å²) >= 11 is 0. The third-order valence-electron chi connectivity index (χ3n) is 4.93. The van der Waals surface area contributed by atoms with E-state index in [9.17, 15) is 4.79 Å². The van der Waals surface area contributed by atoms with Crippen LogP contribution in [0, 0.1) is 0 Å². The van der Waals surface area contributed by atoms with E-state index in [-0.39, 0.29) is 18.3 Å². The molecule has 2 heterocycles. The van der Waals surface area contributed by atoms with Gasteiger partial charge in [0.05, 0.1) is 18.8 Å². The maximum absolute atomic E-state index is 12.4. The van der Waals surface area contributed by atoms with Crippen molar-refractivity contribution in [2.24, 2.45) is 0 Å². The highest BCUT2D eigenvalue weighted by Crippen LogP contribution is 2.29. The number of fused-ring (bicyclic) bond motifs is 2. The molecule has 24 heavy (non-hydrogen) atoms. The minimum Gasteiger partial charge on any atom is -0.492 e. The molecular formula is C18H28ClN3O2. The second-order valence-electron chi connectivity index (χ2n) is 6.66. The molecule has 1 aromatic rings. The molecule has 2 aliphatic rings. The van der Waals surface area contributed by atoms with Crippen LogP contribution in [0.3, 0.4) is 0 Å². The van der Waals surface area contributed by atoms with E-state index in [1.807, 2.05) is 31.2 Å². The van der Waals surface area contributed by atoms with Crippen LogP contribution in [-0.4, -0.2) is 49.1 Å². The van der Waals surface area contributed by atoms with Crippen LogP contribution >= 0.6 is 12.4 Å². The van der Waals surface area contributed by atoms with Crippen molar-refractivity contribution in [3.05, 3.63) is 24.3 Å². The van der Waals surface area contributed by atoms with Gasteiger partial charge in [0.15, 0.2) is 0 Å². The van der Waals surface area contributed by atoms with Crippen LogP contribution in [0.1, 0.15) is 32.6 Å². The smallest absolute Gasteiger partial charge is 0.238 e. The first-order chi connectivity index (χ1) is 11.2. The summed E-state index contributed by atoms with van der Waals surface area (Å²) in [5, 5.41) is 6.63. The lowest BCUT2D eigenvalue weighted by Crippen LogP contribution is -2.48. The average Bonchev–Trinajstić information content (AvgIpc) is 2.87. The van der Waals surface area contributed by atoms with Gasteiger partial charge in [-0.05, 0) is 51.8 Å². The van der Waals surface area contributed by atoms with Crippen LogP contribution in [0.5, 0.6) is 5.75 Å². The summed E-state index contributed by atoms with van der Waals surface area (Å²) in [7, 11) is 2.06. The summed E-state index contributed by atoms with van der Waals surface area (Å²) in [6.07, 6.45) is 4.86. The Hall–Kier alpha value is -1.30. The van der Waals surface area contributed by atoms with Gasteiger partial charge in [0.25, 0.3) is 0 Å². The highest BCUT2D eigenvalue weighted by atomic mass is 35.5. The maximum atomic E-state index is 12.4. The van der Waals surface area contributed by atoms with E-state index in [4.69, 9.17) is 4.74 Å². The standard InChI is InChI=1S/C18H27N3O2.ClH/c1-3-23-17-7-5-4-6-16(17)20-18(22)12-21(2)15-10-13-8-9-14(11-15)19-13;/h4-7,13-15,19H,3,8-12H2,1-2H3,(H,20,22);1H. The molecule has 5 nitrogen and oxygen atoms in total. The first kappa shape index (κ1) is 19.0. The Bertz CT molecular complexity index is 543. The molecule has 0 spiro atoms. The van der Waals surface area contributed by atoms with Gasteiger partial charge in [-0.15, -0.1) is 12.4 Å². The predicted molar refractivity (Wildman–Crippen MR) is 99.1 cm³/mol. The number of hydrogen-bond acceptors (Lipinski definition) is 4. The van der Waals surface area contributed by atoms with Gasteiger partial charge in [-0.3, -0.25) is 9.69 Å². The van der Waals surface area contributed by atoms with Gasteiger partial charge in [-0.1, -0.05) is 12.1 Å². The molecule has 0 radical (unpaired) electrons. The molecule has 6 heteroatoms. The minimum absolute atomic E-state index is 0. The number of nitrogens with zero attached hydrogens (tertiary/aromatic N) is 1. The van der Waals surface area contributed by atoms with Gasteiger partial charge in [-0.25, -0.2) is 0 Å². The number of anilines is 1. The highest BCUT2D eigenvalue weighted by Gasteiger charge is 2.35. The number of benzene rings is 1. The normalized spacial score (nSPS) is 25.2. The van der Waals surface area contributed by atoms with Crippen LogP contribution in [0.4, 0.5) is 5.69 Å². The summed E-state index contributed by atoms with van der Waals surface area (Å²) in [5.41, 5.74) is 0.748. The zero-order valence-electron chi connectivity index (χ0n) is 14.5. The van der Waals surface area contributed by atoms with Crippen molar-refractivity contribution in [1.29, 1.82) is 0 Å². The largest absolute Gasteiger partial charge is 0.492 e. The number of carbonyl (C=O) groups excluding carboxylic acids is 1. The number of ether oxygens (including phenoxy) is 1. The molecular weight excluding hydrogens is 326 g/mol. The Morgan fingerprint density at radius 3 is 2.62 bits per heavy atom. The third-order valence-corrected chi connectivity index (χ3v) is 4.93. The molecule has 134 valence electrons. The molecule has 2 N–H and O–H groups in total. The van der Waals surface area contributed by atoms with Crippen molar-refractivity contribution in [1.82, 2.24) is 10.2 Å². The topological polar surface area (TPSA) is 53.6 Å². The lowest BCUT2D eigenvalue weighted by Gasteiger charge is -2.35. The van der Waals surface area contributed by atoms with Crippen LogP contribution < -0.4 is 15.4 Å². The Balaban J connectivity index is 0.00000208.